The Balaban J connectivity index is 1.75. The zero-order chi connectivity index (χ0) is 15.0. The molecule has 4 nitrogen and oxygen atoms in total. The molecule has 116 valence electrons. The molecule has 3 heterocycles. The van der Waals surface area contributed by atoms with Crippen molar-refractivity contribution in [2.45, 2.75) is 58.0 Å². The lowest BCUT2D eigenvalue weighted by Crippen LogP contribution is -2.54. The van der Waals surface area contributed by atoms with Crippen molar-refractivity contribution >= 4 is 17.2 Å². The van der Waals surface area contributed by atoms with E-state index in [4.69, 9.17) is 4.98 Å². The molecule has 1 N–H and O–H groups in total. The predicted octanol–water partition coefficient (Wildman–Crippen LogP) is 2.54. The number of fused-ring (bicyclic) bond motifs is 1. The number of nitrogens with zero attached hydrogens (tertiary/aromatic N) is 2. The average Bonchev–Trinajstić information content (AvgIpc) is 2.91. The van der Waals surface area contributed by atoms with E-state index < -0.39 is 0 Å². The van der Waals surface area contributed by atoms with Crippen LogP contribution in [0.2, 0.25) is 0 Å². The van der Waals surface area contributed by atoms with Crippen molar-refractivity contribution in [3.8, 4) is 0 Å². The van der Waals surface area contributed by atoms with Crippen LogP contribution in [0.1, 0.15) is 50.7 Å². The van der Waals surface area contributed by atoms with Crippen LogP contribution in [0.15, 0.2) is 5.38 Å². The first kappa shape index (κ1) is 15.0. The van der Waals surface area contributed by atoms with Gasteiger partial charge in [-0.25, -0.2) is 4.98 Å². The Labute approximate surface area is 130 Å². The Morgan fingerprint density at radius 2 is 2.24 bits per heavy atom. The van der Waals surface area contributed by atoms with E-state index in [1.807, 2.05) is 0 Å². The summed E-state index contributed by atoms with van der Waals surface area (Å²) >= 11 is 1.69. The van der Waals surface area contributed by atoms with Gasteiger partial charge in [-0.3, -0.25) is 4.79 Å². The van der Waals surface area contributed by atoms with E-state index in [1.54, 1.807) is 11.3 Å². The fourth-order valence-corrected chi connectivity index (χ4v) is 4.35. The van der Waals surface area contributed by atoms with E-state index >= 15 is 0 Å². The Morgan fingerprint density at radius 3 is 2.95 bits per heavy atom. The second-order valence-electron chi connectivity index (χ2n) is 7.26. The molecule has 2 aliphatic rings. The molecule has 21 heavy (non-hydrogen) atoms. The molecule has 1 aromatic rings. The van der Waals surface area contributed by atoms with Crippen molar-refractivity contribution in [3.05, 3.63) is 16.1 Å². The lowest BCUT2D eigenvalue weighted by molar-refractivity contribution is -0.140. The number of aromatic nitrogens is 1. The number of hydrogen-bond acceptors (Lipinski definition) is 4. The van der Waals surface area contributed by atoms with E-state index in [0.29, 0.717) is 30.8 Å². The minimum Gasteiger partial charge on any atom is -0.333 e. The molecule has 2 fully saturated rings. The summed E-state index contributed by atoms with van der Waals surface area (Å²) < 4.78 is 0. The van der Waals surface area contributed by atoms with Gasteiger partial charge in [0.15, 0.2) is 0 Å². The largest absolute Gasteiger partial charge is 0.333 e. The van der Waals surface area contributed by atoms with Gasteiger partial charge in [-0.1, -0.05) is 20.8 Å². The average molecular weight is 307 g/mol. The summed E-state index contributed by atoms with van der Waals surface area (Å²) in [4.78, 5) is 19.2. The minimum atomic E-state index is 0.0813. The molecule has 2 atom stereocenters. The summed E-state index contributed by atoms with van der Waals surface area (Å²) in [6.45, 7) is 9.32. The molecule has 1 amide bonds. The van der Waals surface area contributed by atoms with Crippen LogP contribution in [0.25, 0.3) is 0 Å². The molecule has 2 unspecified atom stereocenters. The van der Waals surface area contributed by atoms with Crippen LogP contribution in [0.4, 0.5) is 0 Å². The molecule has 1 aromatic heterocycles. The molecule has 2 aliphatic heterocycles. The molecule has 0 spiro atoms. The normalized spacial score (nSPS) is 26.8. The standard InChI is InChI=1S/C16H25N3OS/c1-16(2,3)13-10-21-14(18-13)9-19-12-6-7-17-8-11(12)4-5-15(19)20/h10-12,17H,4-9H2,1-3H3. The van der Waals surface area contributed by atoms with E-state index in [1.165, 1.54) is 0 Å². The maximum Gasteiger partial charge on any atom is 0.223 e. The summed E-state index contributed by atoms with van der Waals surface area (Å²) in [6, 6.07) is 0.412. The number of rotatable bonds is 2. The van der Waals surface area contributed by atoms with Gasteiger partial charge in [0.25, 0.3) is 0 Å². The van der Waals surface area contributed by atoms with E-state index in [9.17, 15) is 4.79 Å². The molecule has 0 aliphatic carbocycles. The van der Waals surface area contributed by atoms with Crippen LogP contribution < -0.4 is 5.32 Å². The highest BCUT2D eigenvalue weighted by Gasteiger charge is 2.37. The van der Waals surface area contributed by atoms with Crippen molar-refractivity contribution in [2.75, 3.05) is 13.1 Å². The zero-order valence-electron chi connectivity index (χ0n) is 13.2. The minimum absolute atomic E-state index is 0.0813. The SMILES string of the molecule is CC(C)(C)c1csc(CN2C(=O)CCC3CNCCC32)n1. The zero-order valence-corrected chi connectivity index (χ0v) is 14.0. The number of likely N-dealkylation sites (tertiary alicyclic amines) is 1. The van der Waals surface area contributed by atoms with E-state index in [0.717, 1.165) is 36.6 Å². The van der Waals surface area contributed by atoms with Gasteiger partial charge in [-0.05, 0) is 31.8 Å². The van der Waals surface area contributed by atoms with Crippen LogP contribution in [0, 0.1) is 5.92 Å². The Hall–Kier alpha value is -0.940. The van der Waals surface area contributed by atoms with Gasteiger partial charge < -0.3 is 10.2 Å². The summed E-state index contributed by atoms with van der Waals surface area (Å²) in [5, 5.41) is 6.68. The van der Waals surface area contributed by atoms with Crippen LogP contribution in [-0.2, 0) is 16.8 Å². The number of amides is 1. The van der Waals surface area contributed by atoms with Crippen LogP contribution in [0.3, 0.4) is 0 Å². The molecule has 0 radical (unpaired) electrons. The third-order valence-corrected chi connectivity index (χ3v) is 5.48. The smallest absolute Gasteiger partial charge is 0.223 e. The number of carbonyl (C=O) groups is 1. The van der Waals surface area contributed by atoms with Gasteiger partial charge in [0.2, 0.25) is 5.91 Å². The maximum absolute atomic E-state index is 12.3. The van der Waals surface area contributed by atoms with Crippen molar-refractivity contribution < 1.29 is 4.79 Å². The van der Waals surface area contributed by atoms with Gasteiger partial charge in [-0.15, -0.1) is 11.3 Å². The number of nitrogens with one attached hydrogen (secondary N) is 1. The molecule has 2 saturated heterocycles. The van der Waals surface area contributed by atoms with Crippen LogP contribution >= 0.6 is 11.3 Å². The fraction of sp³-hybridized carbons (Fsp3) is 0.750. The summed E-state index contributed by atoms with van der Waals surface area (Å²) in [5.74, 6) is 0.934. The maximum atomic E-state index is 12.3. The summed E-state index contributed by atoms with van der Waals surface area (Å²) in [5.41, 5.74) is 1.21. The molecule has 3 rings (SSSR count). The molecule has 5 heteroatoms. The van der Waals surface area contributed by atoms with Gasteiger partial charge in [-0.2, -0.15) is 0 Å². The molecular weight excluding hydrogens is 282 g/mol. The fourth-order valence-electron chi connectivity index (χ4n) is 3.33. The third kappa shape index (κ3) is 3.14. The van der Waals surface area contributed by atoms with Crippen LogP contribution in [0.5, 0.6) is 0 Å². The van der Waals surface area contributed by atoms with Crippen molar-refractivity contribution in [1.29, 1.82) is 0 Å². The van der Waals surface area contributed by atoms with E-state index in [2.05, 4.69) is 36.4 Å². The highest BCUT2D eigenvalue weighted by atomic mass is 32.1. The third-order valence-electron chi connectivity index (χ3n) is 4.64. The monoisotopic (exact) mass is 307 g/mol. The van der Waals surface area contributed by atoms with E-state index in [-0.39, 0.29) is 5.41 Å². The molecule has 0 bridgehead atoms. The highest BCUT2D eigenvalue weighted by Crippen LogP contribution is 2.31. The molecule has 0 aromatic carbocycles. The number of thiazole rings is 1. The predicted molar refractivity (Wildman–Crippen MR) is 85.4 cm³/mol. The first-order valence-electron chi connectivity index (χ1n) is 7.90. The summed E-state index contributed by atoms with van der Waals surface area (Å²) in [6.07, 6.45) is 2.81. The second-order valence-corrected chi connectivity index (χ2v) is 8.20. The quantitative estimate of drug-likeness (QED) is 0.913. The number of carbonyl (C=O) groups excluding carboxylic acids is 1. The van der Waals surface area contributed by atoms with Gasteiger partial charge in [0.1, 0.15) is 5.01 Å². The highest BCUT2D eigenvalue weighted by molar-refractivity contribution is 7.09. The number of piperidine rings is 2. The first-order valence-corrected chi connectivity index (χ1v) is 8.78. The van der Waals surface area contributed by atoms with Crippen molar-refractivity contribution in [3.63, 3.8) is 0 Å². The Bertz CT molecular complexity index is 520. The molecule has 0 saturated carbocycles. The topological polar surface area (TPSA) is 45.2 Å². The van der Waals surface area contributed by atoms with Crippen molar-refractivity contribution in [2.24, 2.45) is 5.92 Å². The molecular formula is C16H25N3OS. The lowest BCUT2D eigenvalue weighted by Gasteiger charge is -2.43. The van der Waals surface area contributed by atoms with Crippen molar-refractivity contribution in [1.82, 2.24) is 15.2 Å². The second kappa shape index (κ2) is 5.69. The number of hydrogen-bond donors (Lipinski definition) is 1. The van der Waals surface area contributed by atoms with Crippen LogP contribution in [-0.4, -0.2) is 34.9 Å². The van der Waals surface area contributed by atoms with Gasteiger partial charge >= 0.3 is 0 Å². The Morgan fingerprint density at radius 1 is 1.43 bits per heavy atom. The first-order chi connectivity index (χ1) is 9.95. The van der Waals surface area contributed by atoms with Gasteiger partial charge in [0, 0.05) is 23.3 Å². The Kier molecular flexibility index (Phi) is 4.06. The van der Waals surface area contributed by atoms with Gasteiger partial charge in [0.05, 0.1) is 12.2 Å². The lowest BCUT2D eigenvalue weighted by atomic mass is 9.84. The summed E-state index contributed by atoms with van der Waals surface area (Å²) in [7, 11) is 0.